The van der Waals surface area contributed by atoms with E-state index in [1.54, 1.807) is 12.1 Å². The molecule has 5 heteroatoms. The summed E-state index contributed by atoms with van der Waals surface area (Å²) in [5.74, 6) is -0.0431. The van der Waals surface area contributed by atoms with Gasteiger partial charge in [-0.3, -0.25) is 4.79 Å². The molecule has 0 fully saturated rings. The van der Waals surface area contributed by atoms with Gasteiger partial charge in [0.25, 0.3) is 5.91 Å². The minimum absolute atomic E-state index is 0.00340. The van der Waals surface area contributed by atoms with Gasteiger partial charge in [-0.05, 0) is 30.2 Å². The largest absolute Gasteiger partial charge is 0.440 e. The van der Waals surface area contributed by atoms with Crippen LogP contribution < -0.4 is 11.1 Å². The Labute approximate surface area is 100 Å². The summed E-state index contributed by atoms with van der Waals surface area (Å²) in [5, 5.41) is 3.03. The lowest BCUT2D eigenvalue weighted by atomic mass is 10.1. The average molecular weight is 245 g/mol. The Hall–Kier alpha value is -1.00. The van der Waals surface area contributed by atoms with Gasteiger partial charge in [-0.1, -0.05) is 19.8 Å². The summed E-state index contributed by atoms with van der Waals surface area (Å²) in [5.41, 5.74) is 5.57. The highest BCUT2D eigenvalue weighted by atomic mass is 35.5. The van der Waals surface area contributed by atoms with Crippen molar-refractivity contribution in [1.82, 2.24) is 5.32 Å². The van der Waals surface area contributed by atoms with E-state index >= 15 is 0 Å². The van der Waals surface area contributed by atoms with Crippen LogP contribution in [0.15, 0.2) is 16.5 Å². The van der Waals surface area contributed by atoms with E-state index in [2.05, 4.69) is 12.2 Å². The van der Waals surface area contributed by atoms with Crippen LogP contribution >= 0.6 is 11.6 Å². The van der Waals surface area contributed by atoms with Crippen molar-refractivity contribution in [2.45, 2.75) is 32.2 Å². The van der Waals surface area contributed by atoms with Crippen molar-refractivity contribution in [3.8, 4) is 0 Å². The summed E-state index contributed by atoms with van der Waals surface area (Å²) in [4.78, 5) is 11.7. The second kappa shape index (κ2) is 6.55. The Morgan fingerprint density at radius 2 is 2.38 bits per heavy atom. The molecule has 0 spiro atoms. The van der Waals surface area contributed by atoms with Crippen molar-refractivity contribution in [1.29, 1.82) is 0 Å². The van der Waals surface area contributed by atoms with Crippen molar-refractivity contribution in [3.05, 3.63) is 23.1 Å². The molecule has 4 nitrogen and oxygen atoms in total. The second-order valence-corrected chi connectivity index (χ2v) is 4.02. The van der Waals surface area contributed by atoms with Gasteiger partial charge in [-0.2, -0.15) is 0 Å². The second-order valence-electron chi connectivity index (χ2n) is 3.65. The highest BCUT2D eigenvalue weighted by Gasteiger charge is 2.14. The fraction of sp³-hybridized carbons (Fsp3) is 0.545. The lowest BCUT2D eigenvalue weighted by Crippen LogP contribution is -2.40. The van der Waals surface area contributed by atoms with Gasteiger partial charge in [0.15, 0.2) is 11.0 Å². The number of halogens is 1. The molecule has 1 atom stereocenters. The van der Waals surface area contributed by atoms with Gasteiger partial charge < -0.3 is 15.5 Å². The molecule has 0 bridgehead atoms. The van der Waals surface area contributed by atoms with Crippen LogP contribution in [0.3, 0.4) is 0 Å². The van der Waals surface area contributed by atoms with E-state index in [0.717, 1.165) is 19.3 Å². The maximum absolute atomic E-state index is 11.7. The number of nitrogens with two attached hydrogens (primary N) is 1. The fourth-order valence-corrected chi connectivity index (χ4v) is 1.54. The molecule has 3 N–H and O–H groups in total. The summed E-state index contributed by atoms with van der Waals surface area (Å²) in [6, 6.07) is 3.08. The van der Waals surface area contributed by atoms with Crippen LogP contribution in [0.1, 0.15) is 36.7 Å². The number of hydrogen-bond acceptors (Lipinski definition) is 3. The first kappa shape index (κ1) is 13.1. The lowest BCUT2D eigenvalue weighted by Gasteiger charge is -2.15. The zero-order valence-corrected chi connectivity index (χ0v) is 10.1. The van der Waals surface area contributed by atoms with Crippen molar-refractivity contribution in [2.24, 2.45) is 5.73 Å². The predicted molar refractivity (Wildman–Crippen MR) is 63.6 cm³/mol. The number of unbranched alkanes of at least 4 members (excludes halogenated alkanes) is 1. The highest BCUT2D eigenvalue weighted by molar-refractivity contribution is 6.29. The first-order chi connectivity index (χ1) is 7.67. The van der Waals surface area contributed by atoms with Crippen molar-refractivity contribution in [2.75, 3.05) is 6.54 Å². The van der Waals surface area contributed by atoms with E-state index in [1.807, 2.05) is 0 Å². The summed E-state index contributed by atoms with van der Waals surface area (Å²) in [6.07, 6.45) is 3.01. The molecule has 0 aliphatic rings. The Bertz CT molecular complexity index is 338. The van der Waals surface area contributed by atoms with E-state index in [9.17, 15) is 4.79 Å². The van der Waals surface area contributed by atoms with E-state index in [0.29, 0.717) is 6.54 Å². The monoisotopic (exact) mass is 244 g/mol. The molecule has 1 unspecified atom stereocenters. The summed E-state index contributed by atoms with van der Waals surface area (Å²) in [7, 11) is 0. The average Bonchev–Trinajstić information content (AvgIpc) is 2.70. The Balaban J connectivity index is 2.48. The third-order valence-corrected chi connectivity index (χ3v) is 2.53. The van der Waals surface area contributed by atoms with Crippen LogP contribution in [0.5, 0.6) is 0 Å². The minimum atomic E-state index is -0.265. The van der Waals surface area contributed by atoms with E-state index in [4.69, 9.17) is 21.8 Å². The number of carbonyl (C=O) groups excluding carboxylic acids is 1. The Morgan fingerprint density at radius 1 is 1.62 bits per heavy atom. The number of amides is 1. The minimum Gasteiger partial charge on any atom is -0.440 e. The first-order valence-corrected chi connectivity index (χ1v) is 5.81. The Morgan fingerprint density at radius 3 is 2.88 bits per heavy atom. The lowest BCUT2D eigenvalue weighted by molar-refractivity contribution is 0.0908. The molecule has 1 rings (SSSR count). The molecule has 16 heavy (non-hydrogen) atoms. The maximum atomic E-state index is 11.7. The van der Waals surface area contributed by atoms with Crippen LogP contribution in [-0.2, 0) is 0 Å². The van der Waals surface area contributed by atoms with Crippen LogP contribution in [0.25, 0.3) is 0 Å². The molecule has 0 saturated carbocycles. The maximum Gasteiger partial charge on any atom is 0.287 e. The van der Waals surface area contributed by atoms with E-state index in [1.165, 1.54) is 0 Å². The quantitative estimate of drug-likeness (QED) is 0.806. The first-order valence-electron chi connectivity index (χ1n) is 5.43. The standard InChI is InChI=1S/C11H17ClN2O2/c1-2-3-4-8(7-13)14-11(15)9-5-6-10(12)16-9/h5-6,8H,2-4,7,13H2,1H3,(H,14,15). The smallest absolute Gasteiger partial charge is 0.287 e. The molecular formula is C11H17ClN2O2. The zero-order valence-electron chi connectivity index (χ0n) is 9.33. The van der Waals surface area contributed by atoms with Crippen molar-refractivity contribution < 1.29 is 9.21 Å². The van der Waals surface area contributed by atoms with Gasteiger partial charge in [-0.15, -0.1) is 0 Å². The van der Waals surface area contributed by atoms with Gasteiger partial charge in [0.05, 0.1) is 0 Å². The van der Waals surface area contributed by atoms with Gasteiger partial charge in [0, 0.05) is 12.6 Å². The molecule has 90 valence electrons. The molecular weight excluding hydrogens is 228 g/mol. The molecule has 0 aliphatic carbocycles. The number of hydrogen-bond donors (Lipinski definition) is 2. The van der Waals surface area contributed by atoms with Gasteiger partial charge in [-0.25, -0.2) is 0 Å². The van der Waals surface area contributed by atoms with E-state index < -0.39 is 0 Å². The molecule has 1 amide bonds. The normalized spacial score (nSPS) is 12.4. The number of furan rings is 1. The molecule has 0 radical (unpaired) electrons. The van der Waals surface area contributed by atoms with Crippen LogP contribution in [0.2, 0.25) is 5.22 Å². The number of rotatable bonds is 6. The van der Waals surface area contributed by atoms with Gasteiger partial charge in [0.2, 0.25) is 0 Å². The van der Waals surface area contributed by atoms with Crippen LogP contribution in [0.4, 0.5) is 0 Å². The van der Waals surface area contributed by atoms with Crippen LogP contribution in [-0.4, -0.2) is 18.5 Å². The molecule has 1 aromatic heterocycles. The summed E-state index contributed by atoms with van der Waals surface area (Å²) < 4.78 is 5.01. The number of carbonyl (C=O) groups is 1. The fourth-order valence-electron chi connectivity index (χ4n) is 1.39. The van der Waals surface area contributed by atoms with E-state index in [-0.39, 0.29) is 22.9 Å². The summed E-state index contributed by atoms with van der Waals surface area (Å²) >= 11 is 5.59. The van der Waals surface area contributed by atoms with Gasteiger partial charge in [0.1, 0.15) is 0 Å². The SMILES string of the molecule is CCCCC(CN)NC(=O)c1ccc(Cl)o1. The third-order valence-electron chi connectivity index (χ3n) is 2.32. The topological polar surface area (TPSA) is 68.3 Å². The highest BCUT2D eigenvalue weighted by Crippen LogP contribution is 2.13. The molecule has 1 aromatic rings. The summed E-state index contributed by atoms with van der Waals surface area (Å²) in [6.45, 7) is 2.53. The van der Waals surface area contributed by atoms with Crippen molar-refractivity contribution >= 4 is 17.5 Å². The number of nitrogens with one attached hydrogen (secondary N) is 1. The van der Waals surface area contributed by atoms with Gasteiger partial charge >= 0.3 is 0 Å². The third kappa shape index (κ3) is 3.87. The van der Waals surface area contributed by atoms with Crippen LogP contribution in [0, 0.1) is 0 Å². The zero-order chi connectivity index (χ0) is 12.0. The van der Waals surface area contributed by atoms with Crippen molar-refractivity contribution in [3.63, 3.8) is 0 Å². The predicted octanol–water partition coefficient (Wildman–Crippen LogP) is 2.18. The molecule has 0 aliphatic heterocycles. The molecule has 0 saturated heterocycles. The Kier molecular flexibility index (Phi) is 5.35. The molecule has 1 heterocycles. The molecule has 0 aromatic carbocycles.